The first-order valence-electron chi connectivity index (χ1n) is 9.00. The molecule has 0 radical (unpaired) electrons. The number of benzene rings is 2. The van der Waals surface area contributed by atoms with E-state index < -0.39 is 11.7 Å². The topological polar surface area (TPSA) is 63.9 Å². The van der Waals surface area contributed by atoms with Crippen molar-refractivity contribution in [3.8, 4) is 5.75 Å². The van der Waals surface area contributed by atoms with Crippen molar-refractivity contribution in [2.45, 2.75) is 44.4 Å². The molecule has 0 spiro atoms. The van der Waals surface area contributed by atoms with E-state index in [0.717, 1.165) is 16.7 Å². The van der Waals surface area contributed by atoms with E-state index in [9.17, 15) is 19.7 Å². The Morgan fingerprint density at radius 1 is 1.08 bits per heavy atom. The molecule has 3 rings (SSSR count). The Bertz CT molecular complexity index is 754. The number of piperidine rings is 1. The maximum Gasteiger partial charge on any atom is 0.123 e. The molecule has 2 aromatic rings. The lowest BCUT2D eigenvalue weighted by atomic mass is 9.83. The van der Waals surface area contributed by atoms with E-state index in [-0.39, 0.29) is 17.6 Å². The molecule has 0 aromatic heterocycles. The van der Waals surface area contributed by atoms with E-state index in [1.54, 1.807) is 37.3 Å². The molecular weight excluding hydrogens is 333 g/mol. The van der Waals surface area contributed by atoms with Gasteiger partial charge in [0.05, 0.1) is 11.7 Å². The van der Waals surface area contributed by atoms with Gasteiger partial charge in [0.15, 0.2) is 0 Å². The van der Waals surface area contributed by atoms with Crippen LogP contribution in [0.15, 0.2) is 42.5 Å². The standard InChI is InChI=1S/C21H26FNO3/c1-14-13-16(3-8-19(14)24)20(25)15(2)23-11-9-21(26,10-12-23)17-4-6-18(22)7-5-17/h3-8,13,15,20,24-26H,9-12H2,1-2H3/t15-,20?/m1/s1. The second kappa shape index (κ2) is 7.35. The molecule has 140 valence electrons. The maximum atomic E-state index is 13.1. The molecule has 1 aliphatic heterocycles. The summed E-state index contributed by atoms with van der Waals surface area (Å²) in [5.41, 5.74) is 1.29. The number of aryl methyl sites for hydroxylation is 1. The van der Waals surface area contributed by atoms with Crippen LogP contribution in [0.25, 0.3) is 0 Å². The van der Waals surface area contributed by atoms with Gasteiger partial charge in [-0.2, -0.15) is 0 Å². The largest absolute Gasteiger partial charge is 0.508 e. The van der Waals surface area contributed by atoms with E-state index in [1.807, 2.05) is 6.92 Å². The molecule has 1 unspecified atom stereocenters. The van der Waals surface area contributed by atoms with Gasteiger partial charge in [0, 0.05) is 19.1 Å². The van der Waals surface area contributed by atoms with Gasteiger partial charge in [-0.1, -0.05) is 18.2 Å². The number of aliphatic hydroxyl groups is 2. The maximum absolute atomic E-state index is 13.1. The van der Waals surface area contributed by atoms with Crippen LogP contribution in [0.4, 0.5) is 4.39 Å². The minimum Gasteiger partial charge on any atom is -0.508 e. The van der Waals surface area contributed by atoms with Crippen LogP contribution in [-0.2, 0) is 5.60 Å². The lowest BCUT2D eigenvalue weighted by Crippen LogP contribution is -2.47. The Balaban J connectivity index is 1.66. The minimum absolute atomic E-state index is 0.114. The third kappa shape index (κ3) is 3.75. The molecule has 1 fully saturated rings. The molecule has 0 aliphatic carbocycles. The average Bonchev–Trinajstić information content (AvgIpc) is 2.64. The molecule has 1 saturated heterocycles. The van der Waals surface area contributed by atoms with Gasteiger partial charge in [0.25, 0.3) is 0 Å². The van der Waals surface area contributed by atoms with Gasteiger partial charge in [0.1, 0.15) is 11.6 Å². The van der Waals surface area contributed by atoms with Gasteiger partial charge in [-0.25, -0.2) is 4.39 Å². The first-order chi connectivity index (χ1) is 12.3. The number of nitrogens with zero attached hydrogens (tertiary/aromatic N) is 1. The van der Waals surface area contributed by atoms with Gasteiger partial charge in [-0.15, -0.1) is 0 Å². The Kier molecular flexibility index (Phi) is 5.32. The SMILES string of the molecule is Cc1cc(C(O)[C@@H](C)N2CCC(O)(c3ccc(F)cc3)CC2)ccc1O. The summed E-state index contributed by atoms with van der Waals surface area (Å²) in [6, 6.07) is 11.1. The fourth-order valence-corrected chi connectivity index (χ4v) is 3.69. The molecule has 26 heavy (non-hydrogen) atoms. The molecule has 2 aromatic carbocycles. The van der Waals surface area contributed by atoms with Crippen molar-refractivity contribution in [1.29, 1.82) is 0 Å². The van der Waals surface area contributed by atoms with Crippen LogP contribution in [0.3, 0.4) is 0 Å². The van der Waals surface area contributed by atoms with Crippen molar-refractivity contribution in [2.24, 2.45) is 0 Å². The Morgan fingerprint density at radius 3 is 2.27 bits per heavy atom. The minimum atomic E-state index is -0.954. The van der Waals surface area contributed by atoms with Crippen LogP contribution < -0.4 is 0 Å². The highest BCUT2D eigenvalue weighted by molar-refractivity contribution is 5.36. The summed E-state index contributed by atoms with van der Waals surface area (Å²) in [6.07, 6.45) is 0.389. The number of rotatable bonds is 4. The summed E-state index contributed by atoms with van der Waals surface area (Å²) in [6.45, 7) is 5.06. The molecule has 4 nitrogen and oxygen atoms in total. The monoisotopic (exact) mass is 359 g/mol. The lowest BCUT2D eigenvalue weighted by molar-refractivity contribution is -0.0502. The van der Waals surface area contributed by atoms with Crippen LogP contribution in [0.1, 0.15) is 42.6 Å². The van der Waals surface area contributed by atoms with Crippen molar-refractivity contribution in [2.75, 3.05) is 13.1 Å². The van der Waals surface area contributed by atoms with Crippen molar-refractivity contribution in [1.82, 2.24) is 4.90 Å². The average molecular weight is 359 g/mol. The lowest BCUT2D eigenvalue weighted by Gasteiger charge is -2.42. The molecule has 0 amide bonds. The quantitative estimate of drug-likeness (QED) is 0.784. The molecular formula is C21H26FNO3. The smallest absolute Gasteiger partial charge is 0.123 e. The molecule has 1 heterocycles. The van der Waals surface area contributed by atoms with Gasteiger partial charge >= 0.3 is 0 Å². The molecule has 2 atom stereocenters. The second-order valence-electron chi connectivity index (χ2n) is 7.31. The van der Waals surface area contributed by atoms with Crippen molar-refractivity contribution in [3.63, 3.8) is 0 Å². The number of hydrogen-bond acceptors (Lipinski definition) is 4. The summed E-state index contributed by atoms with van der Waals surface area (Å²) >= 11 is 0. The zero-order chi connectivity index (χ0) is 18.9. The van der Waals surface area contributed by atoms with Crippen LogP contribution in [-0.4, -0.2) is 39.4 Å². The molecule has 3 N–H and O–H groups in total. The van der Waals surface area contributed by atoms with Gasteiger partial charge in [0.2, 0.25) is 0 Å². The number of likely N-dealkylation sites (tertiary alicyclic amines) is 1. The summed E-state index contributed by atoms with van der Waals surface area (Å²) < 4.78 is 13.1. The zero-order valence-electron chi connectivity index (χ0n) is 15.2. The molecule has 0 bridgehead atoms. The highest BCUT2D eigenvalue weighted by Gasteiger charge is 2.36. The van der Waals surface area contributed by atoms with Gasteiger partial charge in [-0.3, -0.25) is 4.90 Å². The van der Waals surface area contributed by atoms with Crippen molar-refractivity contribution >= 4 is 0 Å². The number of halogens is 1. The summed E-state index contributed by atoms with van der Waals surface area (Å²) in [5, 5.41) is 31.3. The molecule has 1 aliphatic rings. The summed E-state index contributed by atoms with van der Waals surface area (Å²) in [4.78, 5) is 2.16. The fraction of sp³-hybridized carbons (Fsp3) is 0.429. The summed E-state index contributed by atoms with van der Waals surface area (Å²) in [5.74, 6) is -0.0911. The van der Waals surface area contributed by atoms with Crippen LogP contribution in [0.5, 0.6) is 5.75 Å². The first kappa shape index (κ1) is 18.8. The fourth-order valence-electron chi connectivity index (χ4n) is 3.69. The Hall–Kier alpha value is -1.95. The van der Waals surface area contributed by atoms with E-state index >= 15 is 0 Å². The molecule has 5 heteroatoms. The van der Waals surface area contributed by atoms with E-state index in [2.05, 4.69) is 4.90 Å². The van der Waals surface area contributed by atoms with Crippen LogP contribution >= 0.6 is 0 Å². The first-order valence-corrected chi connectivity index (χ1v) is 9.00. The number of hydrogen-bond donors (Lipinski definition) is 3. The predicted octanol–water partition coefficient (Wildman–Crippen LogP) is 3.25. The van der Waals surface area contributed by atoms with Crippen LogP contribution in [0.2, 0.25) is 0 Å². The normalized spacial score (nSPS) is 19.9. The van der Waals surface area contributed by atoms with Crippen LogP contribution in [0, 0.1) is 12.7 Å². The number of phenolic OH excluding ortho intramolecular Hbond substituents is 1. The zero-order valence-corrected chi connectivity index (χ0v) is 15.2. The van der Waals surface area contributed by atoms with Crippen molar-refractivity contribution < 1.29 is 19.7 Å². The number of phenols is 1. The third-order valence-electron chi connectivity index (χ3n) is 5.60. The summed E-state index contributed by atoms with van der Waals surface area (Å²) in [7, 11) is 0. The Morgan fingerprint density at radius 2 is 1.69 bits per heavy atom. The highest BCUT2D eigenvalue weighted by atomic mass is 19.1. The highest BCUT2D eigenvalue weighted by Crippen LogP contribution is 2.35. The number of aromatic hydroxyl groups is 1. The Labute approximate surface area is 153 Å². The van der Waals surface area contributed by atoms with E-state index in [4.69, 9.17) is 0 Å². The number of aliphatic hydroxyl groups excluding tert-OH is 1. The van der Waals surface area contributed by atoms with Crippen molar-refractivity contribution in [3.05, 3.63) is 65.0 Å². The van der Waals surface area contributed by atoms with Gasteiger partial charge in [-0.05, 0) is 67.6 Å². The third-order valence-corrected chi connectivity index (χ3v) is 5.60. The van der Waals surface area contributed by atoms with Gasteiger partial charge < -0.3 is 15.3 Å². The van der Waals surface area contributed by atoms with E-state index in [1.165, 1.54) is 12.1 Å². The van der Waals surface area contributed by atoms with E-state index in [0.29, 0.717) is 25.9 Å². The predicted molar refractivity (Wildman–Crippen MR) is 98.4 cm³/mol. The second-order valence-corrected chi connectivity index (χ2v) is 7.31. The molecule has 0 saturated carbocycles.